The van der Waals surface area contributed by atoms with E-state index in [9.17, 15) is 0 Å². The van der Waals surface area contributed by atoms with Crippen molar-refractivity contribution in [3.05, 3.63) is 28.2 Å². The van der Waals surface area contributed by atoms with E-state index in [1.54, 1.807) is 7.11 Å². The molecule has 0 aliphatic carbocycles. The van der Waals surface area contributed by atoms with Crippen LogP contribution in [0.1, 0.15) is 17.9 Å². The summed E-state index contributed by atoms with van der Waals surface area (Å²) in [7, 11) is 1.73. The van der Waals surface area contributed by atoms with Gasteiger partial charge in [-0.2, -0.15) is 0 Å². The van der Waals surface area contributed by atoms with E-state index in [0.29, 0.717) is 5.92 Å². The number of hydrogen-bond donors (Lipinski definition) is 1. The molecule has 3 heteroatoms. The van der Waals surface area contributed by atoms with Crippen LogP contribution in [0.3, 0.4) is 0 Å². The monoisotopic (exact) mass is 255 g/mol. The predicted molar refractivity (Wildman–Crippen MR) is 60.9 cm³/mol. The summed E-state index contributed by atoms with van der Waals surface area (Å²) >= 11 is 3.51. The lowest BCUT2D eigenvalue weighted by Crippen LogP contribution is -2.08. The van der Waals surface area contributed by atoms with Crippen molar-refractivity contribution in [2.24, 2.45) is 0 Å². The molecule has 14 heavy (non-hydrogen) atoms. The SMILES string of the molecule is COc1c(Br)cccc1[C@H]1CCNC1. The van der Waals surface area contributed by atoms with E-state index >= 15 is 0 Å². The van der Waals surface area contributed by atoms with Crippen LogP contribution in [0, 0.1) is 0 Å². The van der Waals surface area contributed by atoms with Crippen molar-refractivity contribution in [3.8, 4) is 5.75 Å². The normalized spacial score (nSPS) is 21.1. The average molecular weight is 256 g/mol. The molecule has 1 aromatic carbocycles. The zero-order valence-electron chi connectivity index (χ0n) is 8.22. The van der Waals surface area contributed by atoms with Crippen LogP contribution in [0.25, 0.3) is 0 Å². The van der Waals surface area contributed by atoms with E-state index in [2.05, 4.69) is 33.4 Å². The summed E-state index contributed by atoms with van der Waals surface area (Å²) in [5.41, 5.74) is 1.31. The van der Waals surface area contributed by atoms with Crippen molar-refractivity contribution in [2.75, 3.05) is 20.2 Å². The number of ether oxygens (including phenoxy) is 1. The Morgan fingerprint density at radius 1 is 1.50 bits per heavy atom. The van der Waals surface area contributed by atoms with Crippen molar-refractivity contribution >= 4 is 15.9 Å². The summed E-state index contributed by atoms with van der Waals surface area (Å²) in [5.74, 6) is 1.59. The zero-order valence-corrected chi connectivity index (χ0v) is 9.80. The third kappa shape index (κ3) is 1.79. The molecule has 0 amide bonds. The fourth-order valence-corrected chi connectivity index (χ4v) is 2.53. The Bertz CT molecular complexity index is 321. The maximum absolute atomic E-state index is 5.41. The Balaban J connectivity index is 2.35. The first kappa shape index (κ1) is 9.99. The summed E-state index contributed by atoms with van der Waals surface area (Å²) in [6, 6.07) is 6.24. The molecule has 1 fully saturated rings. The van der Waals surface area contributed by atoms with Crippen LogP contribution in [-0.4, -0.2) is 20.2 Å². The molecule has 1 aliphatic rings. The standard InChI is InChI=1S/C11H14BrNO/c1-14-11-9(3-2-4-10(11)12)8-5-6-13-7-8/h2-4,8,13H,5-7H2,1H3/t8-/m0/s1. The largest absolute Gasteiger partial charge is 0.495 e. The molecular weight excluding hydrogens is 242 g/mol. The first-order valence-corrected chi connectivity index (χ1v) is 5.65. The Morgan fingerprint density at radius 3 is 3.00 bits per heavy atom. The number of methoxy groups -OCH3 is 1. The van der Waals surface area contributed by atoms with E-state index in [4.69, 9.17) is 4.74 Å². The molecule has 1 aliphatic heterocycles. The van der Waals surface area contributed by atoms with Gasteiger partial charge in [-0.1, -0.05) is 12.1 Å². The number of halogens is 1. The molecule has 1 N–H and O–H groups in total. The number of nitrogens with one attached hydrogen (secondary N) is 1. The van der Waals surface area contributed by atoms with Gasteiger partial charge in [-0.05, 0) is 40.5 Å². The minimum Gasteiger partial charge on any atom is -0.495 e. The summed E-state index contributed by atoms with van der Waals surface area (Å²) in [6.45, 7) is 2.17. The lowest BCUT2D eigenvalue weighted by atomic mass is 9.97. The van der Waals surface area contributed by atoms with Gasteiger partial charge in [-0.3, -0.25) is 0 Å². The fraction of sp³-hybridized carbons (Fsp3) is 0.455. The van der Waals surface area contributed by atoms with Gasteiger partial charge in [-0.15, -0.1) is 0 Å². The topological polar surface area (TPSA) is 21.3 Å². The van der Waals surface area contributed by atoms with Gasteiger partial charge in [0.15, 0.2) is 0 Å². The van der Waals surface area contributed by atoms with Crippen LogP contribution < -0.4 is 10.1 Å². The van der Waals surface area contributed by atoms with Crippen LogP contribution in [0.15, 0.2) is 22.7 Å². The molecule has 0 bridgehead atoms. The van der Waals surface area contributed by atoms with Crippen LogP contribution in [-0.2, 0) is 0 Å². The molecule has 0 spiro atoms. The molecule has 1 heterocycles. The number of rotatable bonds is 2. The highest BCUT2D eigenvalue weighted by Crippen LogP contribution is 2.35. The van der Waals surface area contributed by atoms with E-state index in [0.717, 1.165) is 23.3 Å². The summed E-state index contributed by atoms with van der Waals surface area (Å²) in [4.78, 5) is 0. The minimum absolute atomic E-state index is 0.599. The van der Waals surface area contributed by atoms with Gasteiger partial charge in [0.2, 0.25) is 0 Å². The highest BCUT2D eigenvalue weighted by atomic mass is 79.9. The Labute approximate surface area is 92.8 Å². The third-order valence-corrected chi connectivity index (χ3v) is 3.33. The van der Waals surface area contributed by atoms with Crippen molar-refractivity contribution in [1.82, 2.24) is 5.32 Å². The van der Waals surface area contributed by atoms with Crippen LogP contribution in [0.5, 0.6) is 5.75 Å². The summed E-state index contributed by atoms with van der Waals surface area (Å²) in [5, 5.41) is 3.37. The van der Waals surface area contributed by atoms with Crippen molar-refractivity contribution < 1.29 is 4.74 Å². The Kier molecular flexibility index (Phi) is 3.08. The Morgan fingerprint density at radius 2 is 2.36 bits per heavy atom. The summed E-state index contributed by atoms with van der Waals surface area (Å²) < 4.78 is 6.46. The molecular formula is C11H14BrNO. The van der Waals surface area contributed by atoms with Crippen LogP contribution >= 0.6 is 15.9 Å². The van der Waals surface area contributed by atoms with Crippen molar-refractivity contribution in [1.29, 1.82) is 0 Å². The molecule has 76 valence electrons. The van der Waals surface area contributed by atoms with Gasteiger partial charge in [0.25, 0.3) is 0 Å². The zero-order chi connectivity index (χ0) is 9.97. The van der Waals surface area contributed by atoms with Crippen LogP contribution in [0.2, 0.25) is 0 Å². The smallest absolute Gasteiger partial charge is 0.136 e. The van der Waals surface area contributed by atoms with Gasteiger partial charge >= 0.3 is 0 Å². The van der Waals surface area contributed by atoms with E-state index in [1.165, 1.54) is 12.0 Å². The number of hydrogen-bond acceptors (Lipinski definition) is 2. The van der Waals surface area contributed by atoms with Crippen molar-refractivity contribution in [2.45, 2.75) is 12.3 Å². The van der Waals surface area contributed by atoms with Gasteiger partial charge in [0, 0.05) is 12.5 Å². The average Bonchev–Trinajstić information content (AvgIpc) is 2.70. The van der Waals surface area contributed by atoms with Gasteiger partial charge in [0.1, 0.15) is 5.75 Å². The van der Waals surface area contributed by atoms with E-state index in [-0.39, 0.29) is 0 Å². The van der Waals surface area contributed by atoms with E-state index in [1.807, 2.05) is 6.07 Å². The second-order valence-corrected chi connectivity index (χ2v) is 4.41. The quantitative estimate of drug-likeness (QED) is 0.877. The highest BCUT2D eigenvalue weighted by molar-refractivity contribution is 9.10. The molecule has 1 aromatic rings. The molecule has 2 rings (SSSR count). The third-order valence-electron chi connectivity index (χ3n) is 2.70. The number of benzene rings is 1. The maximum atomic E-state index is 5.41. The minimum atomic E-state index is 0.599. The predicted octanol–water partition coefficient (Wildman–Crippen LogP) is 2.53. The molecule has 0 aromatic heterocycles. The molecule has 1 saturated heterocycles. The maximum Gasteiger partial charge on any atom is 0.136 e. The lowest BCUT2D eigenvalue weighted by Gasteiger charge is -2.14. The van der Waals surface area contributed by atoms with E-state index < -0.39 is 0 Å². The molecule has 1 atom stereocenters. The van der Waals surface area contributed by atoms with Crippen LogP contribution in [0.4, 0.5) is 0 Å². The highest BCUT2D eigenvalue weighted by Gasteiger charge is 2.20. The molecule has 0 radical (unpaired) electrons. The van der Waals surface area contributed by atoms with Gasteiger partial charge in [-0.25, -0.2) is 0 Å². The van der Waals surface area contributed by atoms with Gasteiger partial charge < -0.3 is 10.1 Å². The second kappa shape index (κ2) is 4.32. The lowest BCUT2D eigenvalue weighted by molar-refractivity contribution is 0.403. The first-order chi connectivity index (χ1) is 6.83. The molecule has 0 unspecified atom stereocenters. The summed E-state index contributed by atoms with van der Waals surface area (Å²) in [6.07, 6.45) is 1.20. The Hall–Kier alpha value is -0.540. The molecule has 0 saturated carbocycles. The second-order valence-electron chi connectivity index (χ2n) is 3.55. The number of para-hydroxylation sites is 1. The fourth-order valence-electron chi connectivity index (χ4n) is 1.98. The van der Waals surface area contributed by atoms with Gasteiger partial charge in [0.05, 0.1) is 11.6 Å². The first-order valence-electron chi connectivity index (χ1n) is 4.86. The molecule has 2 nitrogen and oxygen atoms in total. The van der Waals surface area contributed by atoms with Crippen molar-refractivity contribution in [3.63, 3.8) is 0 Å².